The third-order valence-electron chi connectivity index (χ3n) is 4.59. The first kappa shape index (κ1) is 21.3. The van der Waals surface area contributed by atoms with E-state index in [1.54, 1.807) is 6.92 Å². The molecule has 1 aromatic rings. The van der Waals surface area contributed by atoms with Crippen molar-refractivity contribution in [2.24, 2.45) is 5.92 Å². The molecule has 2 atom stereocenters. The second-order valence-corrected chi connectivity index (χ2v) is 6.64. The zero-order valence-electron chi connectivity index (χ0n) is 16.4. The number of allylic oxidation sites excluding steroid dienone is 4. The topological polar surface area (TPSA) is 27.7 Å². The highest BCUT2D eigenvalue weighted by molar-refractivity contribution is 5.49. The third-order valence-corrected chi connectivity index (χ3v) is 4.59. The van der Waals surface area contributed by atoms with Crippen molar-refractivity contribution in [3.8, 4) is 0 Å². The molecule has 0 saturated heterocycles. The van der Waals surface area contributed by atoms with Crippen LogP contribution < -0.4 is 0 Å². The first-order chi connectivity index (χ1) is 13.0. The predicted octanol–water partition coefficient (Wildman–Crippen LogP) is 6.08. The number of hydrogen-bond donors (Lipinski definition) is 0. The van der Waals surface area contributed by atoms with Crippen LogP contribution in [-0.4, -0.2) is 20.0 Å². The van der Waals surface area contributed by atoms with E-state index in [4.69, 9.17) is 14.2 Å². The van der Waals surface area contributed by atoms with Gasteiger partial charge in [0.05, 0.1) is 20.3 Å². The molecule has 3 nitrogen and oxygen atoms in total. The number of benzene rings is 1. The molecule has 0 aliphatic heterocycles. The summed E-state index contributed by atoms with van der Waals surface area (Å²) in [5.41, 5.74) is 2.62. The van der Waals surface area contributed by atoms with Crippen molar-refractivity contribution in [2.75, 3.05) is 13.7 Å². The van der Waals surface area contributed by atoms with Gasteiger partial charge in [-0.05, 0) is 37.0 Å². The Balaban J connectivity index is 1.82. The largest absolute Gasteiger partial charge is 0.498 e. The van der Waals surface area contributed by atoms with Crippen molar-refractivity contribution in [3.05, 3.63) is 64.5 Å². The molecular weight excluding hydrogens is 350 g/mol. The zero-order chi connectivity index (χ0) is 19.8. The Hall–Kier alpha value is -1.98. The van der Waals surface area contributed by atoms with Gasteiger partial charge in [0.15, 0.2) is 17.9 Å². The Kier molecular flexibility index (Phi) is 8.20. The summed E-state index contributed by atoms with van der Waals surface area (Å²) in [4.78, 5) is 0. The van der Waals surface area contributed by atoms with Crippen LogP contribution in [0.2, 0.25) is 0 Å². The van der Waals surface area contributed by atoms with E-state index < -0.39 is 17.9 Å². The minimum atomic E-state index is -0.892. The summed E-state index contributed by atoms with van der Waals surface area (Å²) in [6.45, 7) is 6.30. The summed E-state index contributed by atoms with van der Waals surface area (Å²) in [6, 6.07) is 8.08. The highest BCUT2D eigenvalue weighted by Crippen LogP contribution is 2.36. The molecule has 1 aromatic carbocycles. The van der Waals surface area contributed by atoms with E-state index in [2.05, 4.69) is 0 Å². The molecule has 0 fully saturated rings. The van der Waals surface area contributed by atoms with E-state index in [0.717, 1.165) is 11.1 Å². The number of methoxy groups -OCH3 is 1. The highest BCUT2D eigenvalue weighted by Gasteiger charge is 2.26. The minimum Gasteiger partial charge on any atom is -0.498 e. The van der Waals surface area contributed by atoms with Crippen molar-refractivity contribution in [1.29, 1.82) is 0 Å². The summed E-state index contributed by atoms with van der Waals surface area (Å²) in [5.74, 6) is -1.87. The van der Waals surface area contributed by atoms with E-state index in [1.165, 1.54) is 7.11 Å². The van der Waals surface area contributed by atoms with Gasteiger partial charge < -0.3 is 14.2 Å². The predicted molar refractivity (Wildman–Crippen MR) is 103 cm³/mol. The van der Waals surface area contributed by atoms with E-state index in [1.807, 2.05) is 50.3 Å². The molecule has 0 spiro atoms. The van der Waals surface area contributed by atoms with Crippen LogP contribution in [0.3, 0.4) is 0 Å². The second kappa shape index (κ2) is 10.4. The highest BCUT2D eigenvalue weighted by atomic mass is 19.2. The maximum Gasteiger partial charge on any atom is 0.196 e. The molecule has 2 unspecified atom stereocenters. The van der Waals surface area contributed by atoms with Crippen molar-refractivity contribution in [2.45, 2.75) is 46.5 Å². The fourth-order valence-electron chi connectivity index (χ4n) is 2.95. The van der Waals surface area contributed by atoms with Gasteiger partial charge in [0.1, 0.15) is 5.76 Å². The van der Waals surface area contributed by atoms with Gasteiger partial charge in [0.25, 0.3) is 0 Å². The van der Waals surface area contributed by atoms with E-state index in [-0.39, 0.29) is 18.3 Å². The smallest absolute Gasteiger partial charge is 0.196 e. The lowest BCUT2D eigenvalue weighted by molar-refractivity contribution is -0.142. The molecule has 1 aliphatic rings. The Morgan fingerprint density at radius 1 is 1.04 bits per heavy atom. The molecule has 2 rings (SSSR count). The number of ether oxygens (including phenoxy) is 3. The Morgan fingerprint density at radius 3 is 2.37 bits per heavy atom. The Morgan fingerprint density at radius 2 is 1.74 bits per heavy atom. The van der Waals surface area contributed by atoms with Gasteiger partial charge in [-0.1, -0.05) is 43.3 Å². The van der Waals surface area contributed by atoms with Gasteiger partial charge in [0.2, 0.25) is 0 Å². The summed E-state index contributed by atoms with van der Waals surface area (Å²) in [5, 5.41) is 0. The van der Waals surface area contributed by atoms with Gasteiger partial charge in [-0.15, -0.1) is 0 Å². The van der Waals surface area contributed by atoms with Crippen LogP contribution in [0.25, 0.3) is 6.08 Å². The third kappa shape index (κ3) is 6.01. The molecule has 0 aromatic heterocycles. The molecule has 0 saturated carbocycles. The Bertz CT molecular complexity index is 705. The van der Waals surface area contributed by atoms with Gasteiger partial charge in [-0.3, -0.25) is 0 Å². The summed E-state index contributed by atoms with van der Waals surface area (Å²) >= 11 is 0. The molecule has 0 N–H and O–H groups in total. The van der Waals surface area contributed by atoms with Crippen LogP contribution >= 0.6 is 0 Å². The van der Waals surface area contributed by atoms with Gasteiger partial charge in [-0.2, -0.15) is 0 Å². The number of rotatable bonds is 9. The Labute approximate surface area is 160 Å². The lowest BCUT2D eigenvalue weighted by Gasteiger charge is -2.23. The molecule has 148 valence electrons. The zero-order valence-corrected chi connectivity index (χ0v) is 16.4. The number of hydrogen-bond acceptors (Lipinski definition) is 3. The molecule has 0 bridgehead atoms. The van der Waals surface area contributed by atoms with Crippen molar-refractivity contribution in [1.82, 2.24) is 0 Å². The summed E-state index contributed by atoms with van der Waals surface area (Å²) in [7, 11) is 1.35. The van der Waals surface area contributed by atoms with Crippen molar-refractivity contribution in [3.63, 3.8) is 0 Å². The van der Waals surface area contributed by atoms with E-state index in [9.17, 15) is 8.78 Å². The first-order valence-corrected chi connectivity index (χ1v) is 9.22. The summed E-state index contributed by atoms with van der Waals surface area (Å²) < 4.78 is 44.3. The SMILES string of the molecule is C/C=C/c1ccc(COC(C)OCC(C)C2=C(F)C(F)=C(OC)CC2)cc1. The van der Waals surface area contributed by atoms with Crippen molar-refractivity contribution < 1.29 is 23.0 Å². The quantitative estimate of drug-likeness (QED) is 0.487. The monoisotopic (exact) mass is 378 g/mol. The fraction of sp³-hybridized carbons (Fsp3) is 0.455. The second-order valence-electron chi connectivity index (χ2n) is 6.64. The molecule has 1 aliphatic carbocycles. The lowest BCUT2D eigenvalue weighted by Crippen LogP contribution is -2.20. The molecular formula is C22H28F2O3. The summed E-state index contributed by atoms with van der Waals surface area (Å²) in [6.07, 6.45) is 4.38. The van der Waals surface area contributed by atoms with Gasteiger partial charge in [0, 0.05) is 12.3 Å². The van der Waals surface area contributed by atoms with Crippen LogP contribution in [-0.2, 0) is 20.8 Å². The van der Waals surface area contributed by atoms with Crippen LogP contribution in [0.5, 0.6) is 0 Å². The molecule has 0 heterocycles. The minimum absolute atomic E-state index is 0.0708. The average molecular weight is 378 g/mol. The number of halogens is 2. The first-order valence-electron chi connectivity index (χ1n) is 9.22. The van der Waals surface area contributed by atoms with Crippen molar-refractivity contribution >= 4 is 6.08 Å². The van der Waals surface area contributed by atoms with Crippen LogP contribution in [0.15, 0.2) is 53.3 Å². The van der Waals surface area contributed by atoms with E-state index >= 15 is 0 Å². The standard InChI is InChI=1S/C22H28F2O3/c1-5-6-17-7-9-18(10-8-17)14-27-16(3)26-13-15(2)19-11-12-20(25-4)22(24)21(19)23/h5-10,15-16H,11-14H2,1-4H3/b6-5+. The normalized spacial score (nSPS) is 17.6. The molecule has 27 heavy (non-hydrogen) atoms. The van der Waals surface area contributed by atoms with E-state index in [0.29, 0.717) is 25.0 Å². The van der Waals surface area contributed by atoms with Gasteiger partial charge >= 0.3 is 0 Å². The molecule has 5 heteroatoms. The van der Waals surface area contributed by atoms with Gasteiger partial charge in [-0.25, -0.2) is 8.78 Å². The molecule has 0 radical (unpaired) electrons. The molecule has 0 amide bonds. The van der Waals surface area contributed by atoms with Crippen LogP contribution in [0.1, 0.15) is 44.7 Å². The fourth-order valence-corrected chi connectivity index (χ4v) is 2.95. The maximum atomic E-state index is 14.2. The van der Waals surface area contributed by atoms with Crippen LogP contribution in [0, 0.1) is 5.92 Å². The average Bonchev–Trinajstić information content (AvgIpc) is 2.68. The van der Waals surface area contributed by atoms with Crippen LogP contribution in [0.4, 0.5) is 8.78 Å². The lowest BCUT2D eigenvalue weighted by atomic mass is 9.92. The maximum absolute atomic E-state index is 14.2.